The minimum absolute atomic E-state index is 0.244. The molecule has 6 nitrogen and oxygen atoms in total. The molecule has 0 aromatic carbocycles. The molecule has 78 valence electrons. The van der Waals surface area contributed by atoms with Gasteiger partial charge in [0.25, 0.3) is 5.56 Å². The first kappa shape index (κ1) is 10.8. The third kappa shape index (κ3) is 3.15. The first-order chi connectivity index (χ1) is 7.13. The highest BCUT2D eigenvalue weighted by Gasteiger charge is 2.05. The molecule has 0 unspecified atom stereocenters. The summed E-state index contributed by atoms with van der Waals surface area (Å²) in [5.74, 6) is -0.649. The average molecular weight is 207 g/mol. The Morgan fingerprint density at radius 3 is 3.00 bits per heavy atom. The zero-order valence-electron chi connectivity index (χ0n) is 7.84. The van der Waals surface area contributed by atoms with Crippen molar-refractivity contribution in [3.63, 3.8) is 0 Å². The predicted octanol–water partition coefficient (Wildman–Crippen LogP) is -0.503. The molecule has 15 heavy (non-hydrogen) atoms. The summed E-state index contributed by atoms with van der Waals surface area (Å²) in [5, 5.41) is 8.16. The second-order valence-electron chi connectivity index (χ2n) is 2.75. The Bertz CT molecular complexity index is 458. The number of nitrogens with zero attached hydrogens (tertiary/aromatic N) is 2. The predicted molar refractivity (Wildman–Crippen MR) is 51.7 cm³/mol. The summed E-state index contributed by atoms with van der Waals surface area (Å²) < 4.78 is 5.61. The lowest BCUT2D eigenvalue weighted by atomic mass is 10.4. The first-order valence-corrected chi connectivity index (χ1v) is 4.12. The quantitative estimate of drug-likeness (QED) is 0.673. The second kappa shape index (κ2) is 4.81. The van der Waals surface area contributed by atoms with E-state index in [1.54, 1.807) is 6.07 Å². The number of carbonyl (C=O) groups excluding carboxylic acids is 1. The normalized spacial score (nSPS) is 9.27. The Morgan fingerprint density at radius 1 is 1.60 bits per heavy atom. The number of carbonyl (C=O) groups is 1. The molecule has 0 radical (unpaired) electrons. The Labute approximate surface area is 85.5 Å². The van der Waals surface area contributed by atoms with Crippen LogP contribution in [0.1, 0.15) is 0 Å². The molecule has 0 aliphatic carbocycles. The summed E-state index contributed by atoms with van der Waals surface area (Å²) in [6.45, 7) is -0.568. The van der Waals surface area contributed by atoms with Crippen molar-refractivity contribution in [3.05, 3.63) is 28.7 Å². The van der Waals surface area contributed by atoms with Crippen molar-refractivity contribution in [3.8, 4) is 6.07 Å². The lowest BCUT2D eigenvalue weighted by Crippen LogP contribution is -2.24. The monoisotopic (exact) mass is 207 g/mol. The molecule has 0 aliphatic heterocycles. The number of hydrogen-bond acceptors (Lipinski definition) is 5. The lowest BCUT2D eigenvalue weighted by Gasteiger charge is -2.04. The number of pyridine rings is 1. The maximum absolute atomic E-state index is 11.2. The minimum atomic E-state index is -0.649. The van der Waals surface area contributed by atoms with E-state index in [1.165, 1.54) is 18.3 Å². The molecule has 0 aliphatic rings. The topological polar surface area (TPSA) is 98.1 Å². The largest absolute Gasteiger partial charge is 0.449 e. The SMILES string of the molecule is N#CCOC(=O)Cn1cc(N)ccc1=O. The summed E-state index contributed by atoms with van der Waals surface area (Å²) in [7, 11) is 0. The van der Waals surface area contributed by atoms with Gasteiger partial charge in [0, 0.05) is 18.0 Å². The van der Waals surface area contributed by atoms with Gasteiger partial charge in [0.1, 0.15) is 12.6 Å². The molecule has 6 heteroatoms. The number of nitriles is 1. The van der Waals surface area contributed by atoms with Gasteiger partial charge >= 0.3 is 5.97 Å². The van der Waals surface area contributed by atoms with E-state index in [1.807, 2.05) is 0 Å². The standard InChI is InChI=1S/C9H9N3O3/c10-3-4-15-9(14)6-12-5-7(11)1-2-8(12)13/h1-2,5H,4,6,11H2. The maximum atomic E-state index is 11.2. The zero-order valence-corrected chi connectivity index (χ0v) is 7.84. The summed E-state index contributed by atoms with van der Waals surface area (Å²) >= 11 is 0. The van der Waals surface area contributed by atoms with Gasteiger partial charge in [0.2, 0.25) is 0 Å². The minimum Gasteiger partial charge on any atom is -0.449 e. The number of aromatic nitrogens is 1. The summed E-state index contributed by atoms with van der Waals surface area (Å²) in [4.78, 5) is 22.3. The summed E-state index contributed by atoms with van der Waals surface area (Å²) in [6.07, 6.45) is 1.34. The van der Waals surface area contributed by atoms with E-state index in [0.29, 0.717) is 5.69 Å². The molecule has 0 bridgehead atoms. The molecule has 0 amide bonds. The van der Waals surface area contributed by atoms with Crippen LogP contribution in [0.5, 0.6) is 0 Å². The maximum Gasteiger partial charge on any atom is 0.327 e. The molecule has 0 atom stereocenters. The molecule has 0 spiro atoms. The van der Waals surface area contributed by atoms with Crippen LogP contribution in [0.15, 0.2) is 23.1 Å². The van der Waals surface area contributed by atoms with Gasteiger partial charge in [-0.2, -0.15) is 5.26 Å². The van der Waals surface area contributed by atoms with Gasteiger partial charge in [-0.3, -0.25) is 9.59 Å². The van der Waals surface area contributed by atoms with Crippen molar-refractivity contribution in [2.45, 2.75) is 6.54 Å². The number of nitrogens with two attached hydrogens (primary N) is 1. The summed E-state index contributed by atoms with van der Waals surface area (Å²) in [5.41, 5.74) is 5.47. The number of anilines is 1. The van der Waals surface area contributed by atoms with E-state index < -0.39 is 5.97 Å². The highest BCUT2D eigenvalue weighted by atomic mass is 16.5. The third-order valence-corrected chi connectivity index (χ3v) is 1.60. The van der Waals surface area contributed by atoms with Crippen LogP contribution >= 0.6 is 0 Å². The Balaban J connectivity index is 2.73. The van der Waals surface area contributed by atoms with Crippen molar-refractivity contribution < 1.29 is 9.53 Å². The van der Waals surface area contributed by atoms with Crippen LogP contribution in [0.3, 0.4) is 0 Å². The summed E-state index contributed by atoms with van der Waals surface area (Å²) in [6, 6.07) is 4.36. The second-order valence-corrected chi connectivity index (χ2v) is 2.75. The van der Waals surface area contributed by atoms with Gasteiger partial charge in [0.05, 0.1) is 0 Å². The molecule has 1 aromatic rings. The molecular weight excluding hydrogens is 198 g/mol. The van der Waals surface area contributed by atoms with Crippen molar-refractivity contribution >= 4 is 11.7 Å². The highest BCUT2D eigenvalue weighted by Crippen LogP contribution is 1.96. The van der Waals surface area contributed by atoms with Crippen LogP contribution in [-0.2, 0) is 16.1 Å². The number of esters is 1. The molecule has 1 rings (SSSR count). The number of rotatable bonds is 3. The van der Waals surface area contributed by atoms with Gasteiger partial charge in [-0.1, -0.05) is 0 Å². The fourth-order valence-electron chi connectivity index (χ4n) is 0.971. The number of ether oxygens (including phenoxy) is 1. The third-order valence-electron chi connectivity index (χ3n) is 1.60. The van der Waals surface area contributed by atoms with E-state index in [2.05, 4.69) is 4.74 Å². The van der Waals surface area contributed by atoms with Crippen molar-refractivity contribution in [1.82, 2.24) is 4.57 Å². The fraction of sp³-hybridized carbons (Fsp3) is 0.222. The van der Waals surface area contributed by atoms with Crippen LogP contribution in [0.4, 0.5) is 5.69 Å². The lowest BCUT2D eigenvalue weighted by molar-refractivity contribution is -0.142. The average Bonchev–Trinajstić information content (AvgIpc) is 2.20. The Morgan fingerprint density at radius 2 is 2.33 bits per heavy atom. The molecule has 1 heterocycles. The van der Waals surface area contributed by atoms with Gasteiger partial charge < -0.3 is 15.0 Å². The molecular formula is C9H9N3O3. The van der Waals surface area contributed by atoms with E-state index in [9.17, 15) is 9.59 Å². The van der Waals surface area contributed by atoms with Crippen LogP contribution in [0.2, 0.25) is 0 Å². The van der Waals surface area contributed by atoms with Gasteiger partial charge in [0.15, 0.2) is 6.61 Å². The van der Waals surface area contributed by atoms with Crippen LogP contribution in [-0.4, -0.2) is 17.1 Å². The van der Waals surface area contributed by atoms with Gasteiger partial charge in [-0.15, -0.1) is 0 Å². The Hall–Kier alpha value is -2.29. The smallest absolute Gasteiger partial charge is 0.327 e. The molecule has 0 saturated heterocycles. The van der Waals surface area contributed by atoms with E-state index in [4.69, 9.17) is 11.0 Å². The number of hydrogen-bond donors (Lipinski definition) is 1. The van der Waals surface area contributed by atoms with Crippen molar-refractivity contribution in [2.75, 3.05) is 12.3 Å². The van der Waals surface area contributed by atoms with Crippen LogP contribution in [0.25, 0.3) is 0 Å². The van der Waals surface area contributed by atoms with Crippen LogP contribution < -0.4 is 11.3 Å². The molecule has 0 saturated carbocycles. The van der Waals surface area contributed by atoms with Crippen molar-refractivity contribution in [2.24, 2.45) is 0 Å². The Kier molecular flexibility index (Phi) is 3.46. The van der Waals surface area contributed by atoms with E-state index in [-0.39, 0.29) is 18.7 Å². The van der Waals surface area contributed by atoms with Crippen LogP contribution in [0, 0.1) is 11.3 Å². The van der Waals surface area contributed by atoms with Crippen molar-refractivity contribution in [1.29, 1.82) is 5.26 Å². The van der Waals surface area contributed by atoms with Gasteiger partial charge in [-0.25, -0.2) is 0 Å². The van der Waals surface area contributed by atoms with E-state index in [0.717, 1.165) is 4.57 Å². The number of nitrogen functional groups attached to an aromatic ring is 1. The first-order valence-electron chi connectivity index (χ1n) is 4.12. The molecule has 1 aromatic heterocycles. The molecule has 0 fully saturated rings. The van der Waals surface area contributed by atoms with Gasteiger partial charge in [-0.05, 0) is 6.07 Å². The zero-order chi connectivity index (χ0) is 11.3. The molecule has 2 N–H and O–H groups in total. The highest BCUT2D eigenvalue weighted by molar-refractivity contribution is 5.69. The fourth-order valence-corrected chi connectivity index (χ4v) is 0.971. The van der Waals surface area contributed by atoms with E-state index >= 15 is 0 Å².